The number of rotatable bonds is 3. The molecule has 0 spiro atoms. The molecule has 0 unspecified atom stereocenters. The maximum Gasteiger partial charge on any atom is 0.304 e. The van der Waals surface area contributed by atoms with Gasteiger partial charge in [0.15, 0.2) is 5.00 Å². The molecule has 0 amide bonds. The monoisotopic (exact) mass is 298 g/mol. The number of nitrogens with zero attached hydrogens (tertiary/aromatic N) is 1. The van der Waals surface area contributed by atoms with Gasteiger partial charge in [0.2, 0.25) is 0 Å². The van der Waals surface area contributed by atoms with Crippen molar-refractivity contribution < 1.29 is 4.92 Å². The smallest absolute Gasteiger partial charge is 0.304 e. The summed E-state index contributed by atoms with van der Waals surface area (Å²) in [6, 6.07) is 10.8. The molecule has 82 valence electrons. The number of anilines is 2. The summed E-state index contributed by atoms with van der Waals surface area (Å²) in [4.78, 5) is 10.4. The van der Waals surface area contributed by atoms with Gasteiger partial charge < -0.3 is 5.32 Å². The van der Waals surface area contributed by atoms with E-state index >= 15 is 0 Å². The lowest BCUT2D eigenvalue weighted by atomic mass is 10.3. The molecule has 4 nitrogen and oxygen atoms in total. The average Bonchev–Trinajstić information content (AvgIpc) is 2.61. The number of benzene rings is 1. The van der Waals surface area contributed by atoms with Crippen LogP contribution in [0.2, 0.25) is 0 Å². The van der Waals surface area contributed by atoms with Crippen LogP contribution in [-0.4, -0.2) is 4.92 Å². The number of hydrogen-bond donors (Lipinski definition) is 1. The maximum absolute atomic E-state index is 10.8. The van der Waals surface area contributed by atoms with E-state index in [1.807, 2.05) is 30.3 Å². The van der Waals surface area contributed by atoms with Gasteiger partial charge in [0.25, 0.3) is 0 Å². The summed E-state index contributed by atoms with van der Waals surface area (Å²) in [5.41, 5.74) is 0.917. The zero-order valence-corrected chi connectivity index (χ0v) is 10.4. The summed E-state index contributed by atoms with van der Waals surface area (Å²) in [5, 5.41) is 14.3. The van der Waals surface area contributed by atoms with E-state index in [4.69, 9.17) is 0 Å². The van der Waals surface area contributed by atoms with E-state index < -0.39 is 4.92 Å². The second kappa shape index (κ2) is 4.63. The lowest BCUT2D eigenvalue weighted by Gasteiger charge is -2.01. The Hall–Kier alpha value is -1.40. The summed E-state index contributed by atoms with van der Waals surface area (Å²) in [7, 11) is 0. The van der Waals surface area contributed by atoms with Crippen molar-refractivity contribution >= 4 is 43.6 Å². The van der Waals surface area contributed by atoms with Gasteiger partial charge in [-0.25, -0.2) is 0 Å². The molecule has 1 heterocycles. The second-order valence-electron chi connectivity index (χ2n) is 3.01. The summed E-state index contributed by atoms with van der Waals surface area (Å²) in [6.45, 7) is 0. The number of nitrogens with one attached hydrogen (secondary N) is 1. The standard InChI is InChI=1S/C10H7BrN2O2S/c11-9-6-8(13(14)15)10(16-9)12-7-4-2-1-3-5-7/h1-6,12H. The van der Waals surface area contributed by atoms with Gasteiger partial charge in [-0.2, -0.15) is 0 Å². The molecule has 0 atom stereocenters. The van der Waals surface area contributed by atoms with Crippen molar-refractivity contribution in [1.82, 2.24) is 0 Å². The minimum atomic E-state index is -0.396. The van der Waals surface area contributed by atoms with Crippen molar-refractivity contribution in [3.63, 3.8) is 0 Å². The fourth-order valence-electron chi connectivity index (χ4n) is 1.23. The molecule has 6 heteroatoms. The van der Waals surface area contributed by atoms with Crippen LogP contribution < -0.4 is 5.32 Å². The van der Waals surface area contributed by atoms with E-state index in [0.717, 1.165) is 9.47 Å². The van der Waals surface area contributed by atoms with Crippen LogP contribution in [0.15, 0.2) is 40.2 Å². The van der Waals surface area contributed by atoms with E-state index in [-0.39, 0.29) is 5.69 Å². The maximum atomic E-state index is 10.8. The number of nitro groups is 1. The Morgan fingerprint density at radius 1 is 1.31 bits per heavy atom. The Morgan fingerprint density at radius 2 is 2.00 bits per heavy atom. The van der Waals surface area contributed by atoms with Crippen molar-refractivity contribution in [2.75, 3.05) is 5.32 Å². The first-order valence-corrected chi connectivity index (χ1v) is 6.03. The largest absolute Gasteiger partial charge is 0.341 e. The van der Waals surface area contributed by atoms with Gasteiger partial charge in [-0.3, -0.25) is 10.1 Å². The quantitative estimate of drug-likeness (QED) is 0.684. The SMILES string of the molecule is O=[N+]([O-])c1cc(Br)sc1Nc1ccccc1. The van der Waals surface area contributed by atoms with Crippen LogP contribution in [-0.2, 0) is 0 Å². The lowest BCUT2D eigenvalue weighted by Crippen LogP contribution is -1.92. The lowest BCUT2D eigenvalue weighted by molar-refractivity contribution is -0.383. The summed E-state index contributed by atoms with van der Waals surface area (Å²) < 4.78 is 0.734. The molecule has 0 aliphatic rings. The molecule has 1 aromatic heterocycles. The minimum absolute atomic E-state index is 0.0840. The molecular formula is C10H7BrN2O2S. The topological polar surface area (TPSA) is 55.2 Å². The zero-order valence-electron chi connectivity index (χ0n) is 8.01. The van der Waals surface area contributed by atoms with Crippen molar-refractivity contribution in [3.05, 3.63) is 50.3 Å². The van der Waals surface area contributed by atoms with Crippen LogP contribution in [0.4, 0.5) is 16.4 Å². The predicted octanol–water partition coefficient (Wildman–Crippen LogP) is 4.16. The Bertz CT molecular complexity index is 513. The molecule has 0 fully saturated rings. The van der Waals surface area contributed by atoms with E-state index in [9.17, 15) is 10.1 Å². The number of hydrogen-bond acceptors (Lipinski definition) is 4. The summed E-state index contributed by atoms with van der Waals surface area (Å²) >= 11 is 4.54. The Kier molecular flexibility index (Phi) is 3.21. The summed E-state index contributed by atoms with van der Waals surface area (Å²) in [5.74, 6) is 0. The van der Waals surface area contributed by atoms with E-state index in [2.05, 4.69) is 21.2 Å². The molecule has 1 N–H and O–H groups in total. The highest BCUT2D eigenvalue weighted by molar-refractivity contribution is 9.11. The van der Waals surface area contributed by atoms with Gasteiger partial charge in [0.1, 0.15) is 0 Å². The first-order chi connectivity index (χ1) is 7.66. The summed E-state index contributed by atoms with van der Waals surface area (Å²) in [6.07, 6.45) is 0. The Balaban J connectivity index is 2.31. The molecule has 2 rings (SSSR count). The fraction of sp³-hybridized carbons (Fsp3) is 0. The van der Waals surface area contributed by atoms with Crippen LogP contribution in [0, 0.1) is 10.1 Å². The number of halogens is 1. The van der Waals surface area contributed by atoms with E-state index in [1.54, 1.807) is 0 Å². The second-order valence-corrected chi connectivity index (χ2v) is 5.44. The molecule has 0 radical (unpaired) electrons. The van der Waals surface area contributed by atoms with Gasteiger partial charge in [-0.15, -0.1) is 11.3 Å². The van der Waals surface area contributed by atoms with Crippen LogP contribution in [0.1, 0.15) is 0 Å². The Labute approximate surface area is 104 Å². The van der Waals surface area contributed by atoms with Crippen molar-refractivity contribution in [2.45, 2.75) is 0 Å². The first kappa shape index (κ1) is 11.1. The normalized spacial score (nSPS) is 10.1. The van der Waals surface area contributed by atoms with E-state index in [1.165, 1.54) is 17.4 Å². The molecular weight excluding hydrogens is 292 g/mol. The van der Waals surface area contributed by atoms with Crippen LogP contribution in [0.3, 0.4) is 0 Å². The average molecular weight is 299 g/mol. The molecule has 16 heavy (non-hydrogen) atoms. The van der Waals surface area contributed by atoms with Gasteiger partial charge in [0, 0.05) is 11.8 Å². The van der Waals surface area contributed by atoms with Crippen molar-refractivity contribution in [3.8, 4) is 0 Å². The van der Waals surface area contributed by atoms with Crippen LogP contribution >= 0.6 is 27.3 Å². The van der Waals surface area contributed by atoms with Crippen LogP contribution in [0.25, 0.3) is 0 Å². The highest BCUT2D eigenvalue weighted by atomic mass is 79.9. The molecule has 0 saturated carbocycles. The minimum Gasteiger partial charge on any atom is -0.341 e. The third-order valence-electron chi connectivity index (χ3n) is 1.91. The number of para-hydroxylation sites is 1. The third-order valence-corrected chi connectivity index (χ3v) is 3.45. The molecule has 1 aromatic carbocycles. The molecule has 2 aromatic rings. The first-order valence-electron chi connectivity index (χ1n) is 4.42. The fourth-order valence-corrected chi connectivity index (χ4v) is 2.70. The zero-order chi connectivity index (χ0) is 11.5. The van der Waals surface area contributed by atoms with Crippen LogP contribution in [0.5, 0.6) is 0 Å². The van der Waals surface area contributed by atoms with Gasteiger partial charge in [-0.1, -0.05) is 18.2 Å². The highest BCUT2D eigenvalue weighted by Gasteiger charge is 2.17. The van der Waals surface area contributed by atoms with Gasteiger partial charge >= 0.3 is 5.69 Å². The van der Waals surface area contributed by atoms with Crippen molar-refractivity contribution in [2.24, 2.45) is 0 Å². The number of thiophene rings is 1. The highest BCUT2D eigenvalue weighted by Crippen LogP contribution is 2.39. The Morgan fingerprint density at radius 3 is 2.62 bits per heavy atom. The van der Waals surface area contributed by atoms with Gasteiger partial charge in [-0.05, 0) is 28.1 Å². The van der Waals surface area contributed by atoms with Crippen molar-refractivity contribution in [1.29, 1.82) is 0 Å². The molecule has 0 aliphatic carbocycles. The van der Waals surface area contributed by atoms with E-state index in [0.29, 0.717) is 5.00 Å². The molecule has 0 bridgehead atoms. The molecule has 0 saturated heterocycles. The molecule has 0 aliphatic heterocycles. The predicted molar refractivity (Wildman–Crippen MR) is 68.4 cm³/mol. The van der Waals surface area contributed by atoms with Gasteiger partial charge in [0.05, 0.1) is 8.71 Å². The third kappa shape index (κ3) is 2.40.